The van der Waals surface area contributed by atoms with Gasteiger partial charge in [0.1, 0.15) is 24.0 Å². The number of carboxylic acid groups (broad SMARTS) is 1. The molecule has 154 valence electrons. The van der Waals surface area contributed by atoms with E-state index in [4.69, 9.17) is 9.84 Å². The number of carbonyl (C=O) groups is 2. The number of nitrogens with zero attached hydrogens (tertiary/aromatic N) is 1. The lowest BCUT2D eigenvalue weighted by Crippen LogP contribution is -2.14. The molecular weight excluding hydrogens is 392 g/mol. The number of nitriles is 1. The second-order valence-corrected chi connectivity index (χ2v) is 6.80. The first-order valence-electron chi connectivity index (χ1n) is 9.50. The molecule has 0 saturated heterocycles. The standard InChI is InChI=1S/C25H20N2O4/c1-17-5-2-3-8-23(17)27-24(28)21(15-26)13-19-6-4-7-22(14-19)31-16-18-9-11-20(12-10-18)25(29)30/h2-14H,16H2,1H3,(H,27,28)(H,29,30)/b21-13-. The van der Waals surface area contributed by atoms with Gasteiger partial charge in [0, 0.05) is 5.69 Å². The number of ether oxygens (including phenoxy) is 1. The van der Waals surface area contributed by atoms with Crippen molar-refractivity contribution >= 4 is 23.6 Å². The van der Waals surface area contributed by atoms with Crippen molar-refractivity contribution in [1.29, 1.82) is 5.26 Å². The van der Waals surface area contributed by atoms with Gasteiger partial charge in [-0.3, -0.25) is 4.79 Å². The van der Waals surface area contributed by atoms with E-state index in [1.807, 2.05) is 31.2 Å². The normalized spacial score (nSPS) is 10.8. The highest BCUT2D eigenvalue weighted by molar-refractivity contribution is 6.10. The molecule has 3 aromatic carbocycles. The highest BCUT2D eigenvalue weighted by atomic mass is 16.5. The van der Waals surface area contributed by atoms with Crippen molar-refractivity contribution in [3.8, 4) is 11.8 Å². The van der Waals surface area contributed by atoms with E-state index in [1.165, 1.54) is 18.2 Å². The molecule has 2 N–H and O–H groups in total. The van der Waals surface area contributed by atoms with Crippen LogP contribution in [0.1, 0.15) is 27.0 Å². The summed E-state index contributed by atoms with van der Waals surface area (Å²) < 4.78 is 5.76. The molecule has 6 nitrogen and oxygen atoms in total. The van der Waals surface area contributed by atoms with Gasteiger partial charge in [-0.25, -0.2) is 4.79 Å². The van der Waals surface area contributed by atoms with Crippen LogP contribution in [-0.2, 0) is 11.4 Å². The number of carbonyl (C=O) groups excluding carboxylic acids is 1. The lowest BCUT2D eigenvalue weighted by atomic mass is 10.1. The molecule has 0 fully saturated rings. The van der Waals surface area contributed by atoms with E-state index >= 15 is 0 Å². The van der Waals surface area contributed by atoms with Crippen molar-refractivity contribution in [2.75, 3.05) is 5.32 Å². The molecule has 0 unspecified atom stereocenters. The Morgan fingerprint density at radius 2 is 1.81 bits per heavy atom. The summed E-state index contributed by atoms with van der Waals surface area (Å²) in [6.07, 6.45) is 1.50. The van der Waals surface area contributed by atoms with Crippen LogP contribution < -0.4 is 10.1 Å². The maximum Gasteiger partial charge on any atom is 0.335 e. The van der Waals surface area contributed by atoms with Crippen molar-refractivity contribution in [3.05, 3.63) is 101 Å². The molecule has 0 heterocycles. The van der Waals surface area contributed by atoms with Gasteiger partial charge in [0.25, 0.3) is 5.91 Å². The fraction of sp³-hybridized carbons (Fsp3) is 0.0800. The van der Waals surface area contributed by atoms with E-state index in [0.29, 0.717) is 17.0 Å². The molecular formula is C25H20N2O4. The molecule has 0 radical (unpaired) electrons. The van der Waals surface area contributed by atoms with E-state index in [2.05, 4.69) is 5.32 Å². The van der Waals surface area contributed by atoms with Crippen molar-refractivity contribution in [2.24, 2.45) is 0 Å². The first-order chi connectivity index (χ1) is 15.0. The number of para-hydroxylation sites is 1. The van der Waals surface area contributed by atoms with E-state index in [-0.39, 0.29) is 17.7 Å². The molecule has 0 aromatic heterocycles. The Hall–Kier alpha value is -4.37. The largest absolute Gasteiger partial charge is 0.489 e. The Bertz CT molecular complexity index is 1170. The zero-order valence-corrected chi connectivity index (χ0v) is 16.8. The maximum atomic E-state index is 12.5. The molecule has 0 saturated carbocycles. The van der Waals surface area contributed by atoms with E-state index < -0.39 is 11.9 Å². The van der Waals surface area contributed by atoms with Crippen LogP contribution in [0.15, 0.2) is 78.4 Å². The lowest BCUT2D eigenvalue weighted by Gasteiger charge is -2.09. The summed E-state index contributed by atoms with van der Waals surface area (Å²) >= 11 is 0. The summed E-state index contributed by atoms with van der Waals surface area (Å²) in [5.74, 6) is -0.902. The first-order valence-corrected chi connectivity index (χ1v) is 9.50. The molecule has 0 spiro atoms. The monoisotopic (exact) mass is 412 g/mol. The second kappa shape index (κ2) is 9.90. The van der Waals surface area contributed by atoms with Gasteiger partial charge in [-0.15, -0.1) is 0 Å². The van der Waals surface area contributed by atoms with Gasteiger partial charge in [-0.2, -0.15) is 5.26 Å². The number of nitrogens with one attached hydrogen (secondary N) is 1. The number of hydrogen-bond acceptors (Lipinski definition) is 4. The molecule has 31 heavy (non-hydrogen) atoms. The number of hydrogen-bond donors (Lipinski definition) is 2. The van der Waals surface area contributed by atoms with Gasteiger partial charge in [-0.05, 0) is 60.0 Å². The SMILES string of the molecule is Cc1ccccc1NC(=O)/C(C#N)=C\c1cccc(OCc2ccc(C(=O)O)cc2)c1. The predicted molar refractivity (Wildman–Crippen MR) is 118 cm³/mol. The van der Waals surface area contributed by atoms with Crippen molar-refractivity contribution in [1.82, 2.24) is 0 Å². The molecule has 0 aliphatic rings. The molecule has 1 amide bonds. The Kier molecular flexibility index (Phi) is 6.82. The molecule has 6 heteroatoms. The second-order valence-electron chi connectivity index (χ2n) is 6.80. The van der Waals surface area contributed by atoms with Gasteiger partial charge < -0.3 is 15.2 Å². The molecule has 0 aliphatic heterocycles. The maximum absolute atomic E-state index is 12.5. The summed E-state index contributed by atoms with van der Waals surface area (Å²) in [6.45, 7) is 2.13. The van der Waals surface area contributed by atoms with Crippen LogP contribution in [0.4, 0.5) is 5.69 Å². The zero-order chi connectivity index (χ0) is 22.2. The van der Waals surface area contributed by atoms with Crippen LogP contribution in [0.5, 0.6) is 5.75 Å². The fourth-order valence-electron chi connectivity index (χ4n) is 2.82. The zero-order valence-electron chi connectivity index (χ0n) is 16.8. The van der Waals surface area contributed by atoms with Crippen molar-refractivity contribution < 1.29 is 19.4 Å². The summed E-state index contributed by atoms with van der Waals surface area (Å²) in [6, 6.07) is 22.7. The van der Waals surface area contributed by atoms with Crippen LogP contribution in [0.3, 0.4) is 0 Å². The van der Waals surface area contributed by atoms with Crippen molar-refractivity contribution in [2.45, 2.75) is 13.5 Å². The molecule has 3 rings (SSSR count). The fourth-order valence-corrected chi connectivity index (χ4v) is 2.82. The third-order valence-corrected chi connectivity index (χ3v) is 4.53. The molecule has 3 aromatic rings. The van der Waals surface area contributed by atoms with Gasteiger partial charge in [0.05, 0.1) is 5.56 Å². The van der Waals surface area contributed by atoms with E-state index in [0.717, 1.165) is 11.1 Å². The van der Waals surface area contributed by atoms with Crippen LogP contribution in [-0.4, -0.2) is 17.0 Å². The third-order valence-electron chi connectivity index (χ3n) is 4.53. The number of benzene rings is 3. The average molecular weight is 412 g/mol. The van der Waals surface area contributed by atoms with E-state index in [1.54, 1.807) is 42.5 Å². The van der Waals surface area contributed by atoms with Crippen LogP contribution in [0.25, 0.3) is 6.08 Å². The van der Waals surface area contributed by atoms with E-state index in [9.17, 15) is 14.9 Å². The quantitative estimate of drug-likeness (QED) is 0.428. The lowest BCUT2D eigenvalue weighted by molar-refractivity contribution is -0.112. The summed E-state index contributed by atoms with van der Waals surface area (Å²) in [5, 5.41) is 21.1. The molecule has 0 atom stereocenters. The highest BCUT2D eigenvalue weighted by Gasteiger charge is 2.11. The third kappa shape index (κ3) is 5.81. The predicted octanol–water partition coefficient (Wildman–Crippen LogP) is 4.82. The number of aryl methyl sites for hydroxylation is 1. The molecule has 0 bridgehead atoms. The van der Waals surface area contributed by atoms with Gasteiger partial charge in [0.2, 0.25) is 0 Å². The Morgan fingerprint density at radius 1 is 1.06 bits per heavy atom. The first kappa shape index (κ1) is 21.3. The van der Waals surface area contributed by atoms with Gasteiger partial charge >= 0.3 is 5.97 Å². The minimum atomic E-state index is -0.980. The minimum Gasteiger partial charge on any atom is -0.489 e. The number of rotatable bonds is 7. The number of anilines is 1. The highest BCUT2D eigenvalue weighted by Crippen LogP contribution is 2.19. The van der Waals surface area contributed by atoms with Crippen LogP contribution in [0.2, 0.25) is 0 Å². The number of carboxylic acids is 1. The van der Waals surface area contributed by atoms with Crippen LogP contribution >= 0.6 is 0 Å². The average Bonchev–Trinajstić information content (AvgIpc) is 2.78. The summed E-state index contributed by atoms with van der Waals surface area (Å²) in [7, 11) is 0. The number of aromatic carboxylic acids is 1. The molecule has 0 aliphatic carbocycles. The smallest absolute Gasteiger partial charge is 0.335 e. The Morgan fingerprint density at radius 3 is 2.48 bits per heavy atom. The summed E-state index contributed by atoms with van der Waals surface area (Å²) in [4.78, 5) is 23.4. The summed E-state index contributed by atoms with van der Waals surface area (Å²) in [5.41, 5.74) is 3.21. The topological polar surface area (TPSA) is 99.4 Å². The van der Waals surface area contributed by atoms with Crippen LogP contribution in [0, 0.1) is 18.3 Å². The van der Waals surface area contributed by atoms with Gasteiger partial charge in [-0.1, -0.05) is 42.5 Å². The van der Waals surface area contributed by atoms with Crippen molar-refractivity contribution in [3.63, 3.8) is 0 Å². The minimum absolute atomic E-state index is 0.0235. The van der Waals surface area contributed by atoms with Gasteiger partial charge in [0.15, 0.2) is 0 Å². The Balaban J connectivity index is 1.69. The number of amides is 1. The Labute approximate surface area is 180 Å².